The number of aliphatic hydroxyl groups excluding tert-OH is 1. The van der Waals surface area contributed by atoms with E-state index < -0.39 is 22.2 Å². The van der Waals surface area contributed by atoms with Gasteiger partial charge in [-0.2, -0.15) is 8.42 Å². The molecular formula is C20H19ClFN5O4S. The van der Waals surface area contributed by atoms with E-state index in [0.29, 0.717) is 40.8 Å². The van der Waals surface area contributed by atoms with Crippen molar-refractivity contribution in [2.75, 3.05) is 6.61 Å². The Balaban J connectivity index is 1.48. The maximum absolute atomic E-state index is 13.8. The summed E-state index contributed by atoms with van der Waals surface area (Å²) in [4.78, 5) is 12.0. The lowest BCUT2D eigenvalue weighted by atomic mass is 10.1. The predicted molar refractivity (Wildman–Crippen MR) is 117 cm³/mol. The van der Waals surface area contributed by atoms with E-state index in [2.05, 4.69) is 19.1 Å². The highest BCUT2D eigenvalue weighted by Crippen LogP contribution is 2.38. The van der Waals surface area contributed by atoms with Crippen molar-refractivity contribution >= 4 is 43.8 Å². The van der Waals surface area contributed by atoms with Crippen LogP contribution in [0.4, 0.5) is 4.39 Å². The molecule has 9 nitrogen and oxygen atoms in total. The Labute approximate surface area is 187 Å². The molecule has 32 heavy (non-hydrogen) atoms. The highest BCUT2D eigenvalue weighted by Gasteiger charge is 2.35. The van der Waals surface area contributed by atoms with Crippen LogP contribution in [0.25, 0.3) is 33.3 Å². The molecule has 1 aliphatic carbocycles. The molecule has 4 aromatic rings. The zero-order chi connectivity index (χ0) is 22.6. The van der Waals surface area contributed by atoms with E-state index in [0.717, 1.165) is 5.39 Å². The van der Waals surface area contributed by atoms with Crippen LogP contribution in [0.5, 0.6) is 0 Å². The van der Waals surface area contributed by atoms with Gasteiger partial charge in [0.15, 0.2) is 0 Å². The first-order valence-electron chi connectivity index (χ1n) is 9.84. The number of hydrogen-bond acceptors (Lipinski definition) is 6. The third-order valence-electron chi connectivity index (χ3n) is 5.90. The Hall–Kier alpha value is -2.57. The maximum atomic E-state index is 13.8. The molecule has 3 atom stereocenters. The number of nitrogens with one attached hydrogen (secondary N) is 1. The maximum Gasteiger partial charge on any atom is 0.333 e. The standard InChI is InChI=1S/C20H19ClFN5O4S/c21-14-7-16-10(4-15(14)22)5-17(26-16)19-13-1-2-27(20(13)25-9-24-19)12-3-11(18(28)6-12)8-31-32(23,29)30/h1-2,4-5,7,9,11-12,18,26,28H,3,6,8H2,(H2,23,29,30)/t11-,12+,18-/m0/s1. The smallest absolute Gasteiger partial charge is 0.333 e. The van der Waals surface area contributed by atoms with Gasteiger partial charge in [-0.05, 0) is 37.1 Å². The Kier molecular flexibility index (Phi) is 5.18. The van der Waals surface area contributed by atoms with Crippen LogP contribution in [0.2, 0.25) is 5.02 Å². The quantitative estimate of drug-likeness (QED) is 0.402. The molecule has 12 heteroatoms. The highest BCUT2D eigenvalue weighted by molar-refractivity contribution is 7.84. The Morgan fingerprint density at radius 1 is 1.31 bits per heavy atom. The molecule has 4 N–H and O–H groups in total. The van der Waals surface area contributed by atoms with Gasteiger partial charge < -0.3 is 14.7 Å². The summed E-state index contributed by atoms with van der Waals surface area (Å²) in [5.41, 5.74) is 2.70. The summed E-state index contributed by atoms with van der Waals surface area (Å²) in [5.74, 6) is -0.866. The first-order valence-corrected chi connectivity index (χ1v) is 11.7. The average molecular weight is 480 g/mol. The molecule has 1 aliphatic rings. The van der Waals surface area contributed by atoms with Gasteiger partial charge >= 0.3 is 10.3 Å². The summed E-state index contributed by atoms with van der Waals surface area (Å²) in [6, 6.07) is 6.47. The number of aromatic amines is 1. The predicted octanol–water partition coefficient (Wildman–Crippen LogP) is 2.90. The second-order valence-corrected chi connectivity index (χ2v) is 9.58. The van der Waals surface area contributed by atoms with Crippen molar-refractivity contribution < 1.29 is 22.1 Å². The van der Waals surface area contributed by atoms with E-state index in [1.54, 1.807) is 6.07 Å². The Morgan fingerprint density at radius 3 is 2.91 bits per heavy atom. The second kappa shape index (κ2) is 7.78. The van der Waals surface area contributed by atoms with Gasteiger partial charge in [0, 0.05) is 34.4 Å². The molecule has 0 saturated heterocycles. The summed E-state index contributed by atoms with van der Waals surface area (Å²) in [6.07, 6.45) is 3.51. The SMILES string of the molecule is NS(=O)(=O)OC[C@@H]1C[C@@H](n2ccc3c(-c4cc5cc(F)c(Cl)cc5[nH]4)ncnc32)C[C@@H]1O. The minimum Gasteiger partial charge on any atom is -0.393 e. The van der Waals surface area contributed by atoms with E-state index in [1.807, 2.05) is 16.8 Å². The fourth-order valence-electron chi connectivity index (χ4n) is 4.40. The fourth-order valence-corrected chi connectivity index (χ4v) is 4.92. The molecular weight excluding hydrogens is 461 g/mol. The second-order valence-electron chi connectivity index (χ2n) is 7.95. The van der Waals surface area contributed by atoms with Crippen LogP contribution in [0.1, 0.15) is 18.9 Å². The van der Waals surface area contributed by atoms with E-state index in [-0.39, 0.29) is 23.6 Å². The molecule has 1 fully saturated rings. The number of hydrogen-bond donors (Lipinski definition) is 3. The normalized spacial score (nSPS) is 21.7. The number of H-pyrrole nitrogens is 1. The van der Waals surface area contributed by atoms with Crippen LogP contribution in [0, 0.1) is 11.7 Å². The topological polar surface area (TPSA) is 136 Å². The number of benzene rings is 1. The highest BCUT2D eigenvalue weighted by atomic mass is 35.5. The van der Waals surface area contributed by atoms with Gasteiger partial charge in [0.25, 0.3) is 0 Å². The molecule has 3 heterocycles. The number of halogens is 2. The van der Waals surface area contributed by atoms with Gasteiger partial charge in [-0.3, -0.25) is 4.18 Å². The zero-order valence-electron chi connectivity index (χ0n) is 16.6. The first kappa shape index (κ1) is 21.3. The largest absolute Gasteiger partial charge is 0.393 e. The summed E-state index contributed by atoms with van der Waals surface area (Å²) >= 11 is 5.89. The summed E-state index contributed by atoms with van der Waals surface area (Å²) < 4.78 is 42.6. The summed E-state index contributed by atoms with van der Waals surface area (Å²) in [7, 11) is -4.07. The van der Waals surface area contributed by atoms with Crippen molar-refractivity contribution in [3.8, 4) is 11.4 Å². The van der Waals surface area contributed by atoms with Crippen LogP contribution in [0.3, 0.4) is 0 Å². The van der Waals surface area contributed by atoms with Crippen molar-refractivity contribution in [1.82, 2.24) is 19.5 Å². The summed E-state index contributed by atoms with van der Waals surface area (Å²) in [6.45, 7) is -0.176. The molecule has 0 unspecified atom stereocenters. The molecule has 168 valence electrons. The number of rotatable bonds is 5. The van der Waals surface area contributed by atoms with Gasteiger partial charge in [0.1, 0.15) is 17.8 Å². The monoisotopic (exact) mass is 479 g/mol. The third kappa shape index (κ3) is 3.86. The molecule has 3 aromatic heterocycles. The molecule has 0 radical (unpaired) electrons. The van der Waals surface area contributed by atoms with Gasteiger partial charge in [0.2, 0.25) is 0 Å². The molecule has 0 spiro atoms. The number of aliphatic hydroxyl groups is 1. The number of nitrogens with zero attached hydrogens (tertiary/aromatic N) is 3. The van der Waals surface area contributed by atoms with Crippen molar-refractivity contribution in [1.29, 1.82) is 0 Å². The van der Waals surface area contributed by atoms with Crippen LogP contribution < -0.4 is 5.14 Å². The minimum atomic E-state index is -4.07. The van der Waals surface area contributed by atoms with Crippen LogP contribution >= 0.6 is 11.6 Å². The molecule has 1 saturated carbocycles. The number of nitrogens with two attached hydrogens (primary N) is 1. The minimum absolute atomic E-state index is 0.0330. The number of aromatic nitrogens is 4. The zero-order valence-corrected chi connectivity index (χ0v) is 18.1. The Morgan fingerprint density at radius 2 is 2.12 bits per heavy atom. The van der Waals surface area contributed by atoms with E-state index in [9.17, 15) is 17.9 Å². The lowest BCUT2D eigenvalue weighted by Crippen LogP contribution is -2.24. The molecule has 5 rings (SSSR count). The van der Waals surface area contributed by atoms with Crippen molar-refractivity contribution in [3.63, 3.8) is 0 Å². The van der Waals surface area contributed by atoms with Crippen LogP contribution in [0.15, 0.2) is 36.8 Å². The van der Waals surface area contributed by atoms with Crippen molar-refractivity contribution in [3.05, 3.63) is 47.6 Å². The van der Waals surface area contributed by atoms with E-state index in [4.69, 9.17) is 16.7 Å². The lowest BCUT2D eigenvalue weighted by Gasteiger charge is -2.14. The van der Waals surface area contributed by atoms with Gasteiger partial charge in [0.05, 0.1) is 29.1 Å². The molecule has 0 amide bonds. The van der Waals surface area contributed by atoms with Crippen LogP contribution in [-0.2, 0) is 14.5 Å². The fraction of sp³-hybridized carbons (Fsp3) is 0.300. The number of fused-ring (bicyclic) bond motifs is 2. The van der Waals surface area contributed by atoms with Gasteiger partial charge in [-0.1, -0.05) is 11.6 Å². The lowest BCUT2D eigenvalue weighted by molar-refractivity contribution is 0.100. The third-order valence-corrected chi connectivity index (χ3v) is 6.65. The molecule has 1 aromatic carbocycles. The molecule has 0 aliphatic heterocycles. The van der Waals surface area contributed by atoms with Crippen molar-refractivity contribution in [2.45, 2.75) is 25.0 Å². The van der Waals surface area contributed by atoms with Gasteiger partial charge in [-0.15, -0.1) is 0 Å². The Bertz CT molecular complexity index is 1400. The van der Waals surface area contributed by atoms with E-state index in [1.165, 1.54) is 18.5 Å². The average Bonchev–Trinajstić information content (AvgIpc) is 3.42. The van der Waals surface area contributed by atoms with Crippen LogP contribution in [-0.4, -0.2) is 45.8 Å². The summed E-state index contributed by atoms with van der Waals surface area (Å²) in [5, 5.41) is 16.8. The van der Waals surface area contributed by atoms with E-state index >= 15 is 0 Å². The first-order chi connectivity index (χ1) is 15.2. The molecule has 0 bridgehead atoms. The van der Waals surface area contributed by atoms with Gasteiger partial charge in [-0.25, -0.2) is 19.5 Å². The van der Waals surface area contributed by atoms with Crippen molar-refractivity contribution in [2.24, 2.45) is 11.1 Å².